The van der Waals surface area contributed by atoms with E-state index in [-0.39, 0.29) is 24.8 Å². The van der Waals surface area contributed by atoms with Crippen LogP contribution in [-0.4, -0.2) is 47.0 Å². The minimum Gasteiger partial charge on any atom is -0.489 e. The van der Waals surface area contributed by atoms with Crippen LogP contribution in [0.1, 0.15) is 90.6 Å². The second-order valence-electron chi connectivity index (χ2n) is 13.1. The first-order chi connectivity index (χ1) is 23.7. The normalized spacial score (nSPS) is 13.8. The van der Waals surface area contributed by atoms with Gasteiger partial charge in [0.2, 0.25) is 11.7 Å². The minimum absolute atomic E-state index is 0.167. The van der Waals surface area contributed by atoms with Crippen molar-refractivity contribution in [1.29, 1.82) is 0 Å². The molecule has 3 atom stereocenters. The average Bonchev–Trinajstić information content (AvgIpc) is 3.53. The lowest BCUT2D eigenvalue weighted by Crippen LogP contribution is -2.52. The fraction of sp³-hybridized carbons (Fsp3) is 0.410. The molecule has 0 aliphatic rings. The van der Waals surface area contributed by atoms with E-state index < -0.39 is 41.4 Å². The highest BCUT2D eigenvalue weighted by Gasteiger charge is 2.34. The van der Waals surface area contributed by atoms with Crippen LogP contribution in [0.2, 0.25) is 0 Å². The monoisotopic (exact) mass is 687 g/mol. The van der Waals surface area contributed by atoms with Gasteiger partial charge in [0.25, 0.3) is 5.91 Å². The van der Waals surface area contributed by atoms with Crippen LogP contribution < -0.4 is 15.4 Å². The maximum absolute atomic E-state index is 13.5. The van der Waals surface area contributed by atoms with Crippen molar-refractivity contribution in [3.63, 3.8) is 0 Å². The molecule has 3 rings (SSSR count). The Hall–Kier alpha value is -5.19. The maximum atomic E-state index is 13.5. The van der Waals surface area contributed by atoms with Crippen LogP contribution in [0.4, 0.5) is 4.79 Å². The lowest BCUT2D eigenvalue weighted by molar-refractivity contribution is -0.140. The summed E-state index contributed by atoms with van der Waals surface area (Å²) in [5.41, 5.74) is 2.67. The summed E-state index contributed by atoms with van der Waals surface area (Å²) >= 11 is 0. The van der Waals surface area contributed by atoms with Crippen LogP contribution >= 0.6 is 0 Å². The van der Waals surface area contributed by atoms with Gasteiger partial charge in [0.05, 0.1) is 6.61 Å². The second kappa shape index (κ2) is 18.5. The number of Topliss-reactive ketones (excluding diaryl/α,β-unsaturated/α-hetero) is 1. The van der Waals surface area contributed by atoms with Crippen molar-refractivity contribution >= 4 is 29.8 Å². The Kier molecular flexibility index (Phi) is 14.6. The minimum atomic E-state index is -1.11. The number of nitrogens with zero attached hydrogens (tertiary/aromatic N) is 1. The molecule has 0 fully saturated rings. The third kappa shape index (κ3) is 12.7. The summed E-state index contributed by atoms with van der Waals surface area (Å²) in [6.45, 7) is 14.7. The molecule has 11 heteroatoms. The number of aromatic nitrogens is 1. The van der Waals surface area contributed by atoms with Gasteiger partial charge in [-0.3, -0.25) is 9.59 Å². The van der Waals surface area contributed by atoms with Gasteiger partial charge in [0.15, 0.2) is 0 Å². The Morgan fingerprint density at radius 2 is 1.62 bits per heavy atom. The Labute approximate surface area is 294 Å². The Bertz CT molecular complexity index is 1650. The first-order valence-corrected chi connectivity index (χ1v) is 16.8. The fourth-order valence-corrected chi connectivity index (χ4v) is 4.85. The van der Waals surface area contributed by atoms with E-state index in [9.17, 15) is 19.2 Å². The zero-order valence-corrected chi connectivity index (χ0v) is 30.2. The highest BCUT2D eigenvalue weighted by Crippen LogP contribution is 2.23. The van der Waals surface area contributed by atoms with Gasteiger partial charge in [-0.25, -0.2) is 14.6 Å². The van der Waals surface area contributed by atoms with Gasteiger partial charge >= 0.3 is 12.1 Å². The molecule has 2 aromatic carbocycles. The van der Waals surface area contributed by atoms with Crippen molar-refractivity contribution in [2.75, 3.05) is 6.61 Å². The number of esters is 1. The van der Waals surface area contributed by atoms with Crippen LogP contribution in [-0.2, 0) is 36.9 Å². The number of alkyl carbamates (subject to hydrolysis) is 1. The van der Waals surface area contributed by atoms with Crippen LogP contribution in [0.25, 0.3) is 6.08 Å². The molecule has 1 aromatic heterocycles. The molecule has 50 heavy (non-hydrogen) atoms. The van der Waals surface area contributed by atoms with E-state index in [0.717, 1.165) is 16.7 Å². The van der Waals surface area contributed by atoms with Gasteiger partial charge in [-0.2, -0.15) is 0 Å². The predicted octanol–water partition coefficient (Wildman–Crippen LogP) is 7.07. The third-order valence-corrected chi connectivity index (χ3v) is 7.56. The summed E-state index contributed by atoms with van der Waals surface area (Å²) in [4.78, 5) is 56.3. The van der Waals surface area contributed by atoms with Crippen LogP contribution in [0.15, 0.2) is 82.5 Å². The first kappa shape index (κ1) is 39.3. The number of ketones is 1. The molecule has 0 saturated carbocycles. The van der Waals surface area contributed by atoms with E-state index in [4.69, 9.17) is 18.6 Å². The fourth-order valence-electron chi connectivity index (χ4n) is 4.85. The van der Waals surface area contributed by atoms with Gasteiger partial charge in [-0.05, 0) is 88.4 Å². The highest BCUT2D eigenvalue weighted by molar-refractivity contribution is 6.38. The first-order valence-electron chi connectivity index (χ1n) is 16.8. The molecular weight excluding hydrogens is 638 g/mol. The molecule has 2 N–H and O–H groups in total. The zero-order valence-electron chi connectivity index (χ0n) is 30.2. The van der Waals surface area contributed by atoms with E-state index in [0.29, 0.717) is 30.0 Å². The Morgan fingerprint density at radius 1 is 0.940 bits per heavy atom. The van der Waals surface area contributed by atoms with E-state index in [1.54, 1.807) is 53.7 Å². The highest BCUT2D eigenvalue weighted by atomic mass is 16.6. The molecule has 0 saturated heterocycles. The summed E-state index contributed by atoms with van der Waals surface area (Å²) in [5.74, 6) is -1.65. The maximum Gasteiger partial charge on any atom is 0.408 e. The number of ether oxygens (including phenoxy) is 3. The number of carbonyl (C=O) groups excluding carboxylic acids is 4. The second-order valence-corrected chi connectivity index (χ2v) is 13.1. The number of oxazole rings is 1. The number of benzene rings is 2. The Morgan fingerprint density at radius 3 is 2.24 bits per heavy atom. The average molecular weight is 688 g/mol. The van der Waals surface area contributed by atoms with E-state index in [1.165, 1.54) is 6.26 Å². The molecule has 2 amide bonds. The molecule has 268 valence electrons. The summed E-state index contributed by atoms with van der Waals surface area (Å²) < 4.78 is 22.1. The molecule has 3 aromatic rings. The molecule has 0 radical (unpaired) electrons. The lowest BCUT2D eigenvalue weighted by Gasteiger charge is -2.26. The van der Waals surface area contributed by atoms with Crippen molar-refractivity contribution in [3.05, 3.63) is 101 Å². The van der Waals surface area contributed by atoms with Gasteiger partial charge in [-0.15, -0.1) is 0 Å². The van der Waals surface area contributed by atoms with Crippen LogP contribution in [0.3, 0.4) is 0 Å². The number of carbonyl (C=O) groups is 4. The van der Waals surface area contributed by atoms with Crippen LogP contribution in [0.5, 0.6) is 5.75 Å². The topological polar surface area (TPSA) is 146 Å². The van der Waals surface area contributed by atoms with Crippen LogP contribution in [0, 0.1) is 5.92 Å². The number of rotatable bonds is 16. The van der Waals surface area contributed by atoms with E-state index >= 15 is 0 Å². The standard InChI is InChI=1S/C39H49N3O8/c1-9-26(4)33(42-38(46)50-39(6,7)8)34(43)35(44)41-32(22-28-16-18-31(19-17-28)48-23-29-14-12-11-13-15-29)36-40-30(24-49-36)21-25(3)20-27(5)37(45)47-10-2/h11-21,24,26,32-33H,9-10,22-23H2,1-8H3,(H,41,44)(H,42,46)/b25-21+,27-20-/t26-,32-,33-/m0/s1. The number of hydrogen-bond donors (Lipinski definition) is 2. The largest absolute Gasteiger partial charge is 0.489 e. The zero-order chi connectivity index (χ0) is 36.8. The molecule has 0 unspecified atom stereocenters. The predicted molar refractivity (Wildman–Crippen MR) is 190 cm³/mol. The molecule has 11 nitrogen and oxygen atoms in total. The van der Waals surface area contributed by atoms with Gasteiger partial charge in [0.1, 0.15) is 42.0 Å². The van der Waals surface area contributed by atoms with Crippen molar-refractivity contribution in [1.82, 2.24) is 15.6 Å². The molecule has 0 aliphatic carbocycles. The van der Waals surface area contributed by atoms with Crippen molar-refractivity contribution in [3.8, 4) is 5.75 Å². The summed E-state index contributed by atoms with van der Waals surface area (Å²) in [5, 5.41) is 5.37. The summed E-state index contributed by atoms with van der Waals surface area (Å²) in [6.07, 6.45) is 4.80. The molecular formula is C39H49N3O8. The number of allylic oxidation sites excluding steroid dienone is 2. The lowest BCUT2D eigenvalue weighted by atomic mass is 9.94. The summed E-state index contributed by atoms with van der Waals surface area (Å²) in [7, 11) is 0. The SMILES string of the molecule is CCOC(=O)/C(C)=C\C(C)=C\c1coc([C@H](Cc2ccc(OCc3ccccc3)cc2)NC(=O)C(=O)[C@@H](NC(=O)OC(C)(C)C)[C@@H](C)CC)n1. The number of nitrogens with one attached hydrogen (secondary N) is 2. The molecule has 0 bridgehead atoms. The van der Waals surface area contributed by atoms with Crippen molar-refractivity contribution < 1.29 is 37.8 Å². The van der Waals surface area contributed by atoms with Crippen molar-refractivity contribution in [2.24, 2.45) is 5.92 Å². The molecule has 0 aliphatic heterocycles. The van der Waals surface area contributed by atoms with E-state index in [1.807, 2.05) is 68.4 Å². The molecule has 1 heterocycles. The number of amides is 2. The molecule has 0 spiro atoms. The van der Waals surface area contributed by atoms with Gasteiger partial charge in [0, 0.05) is 12.0 Å². The van der Waals surface area contributed by atoms with E-state index in [2.05, 4.69) is 15.6 Å². The number of hydrogen-bond acceptors (Lipinski definition) is 9. The van der Waals surface area contributed by atoms with Gasteiger partial charge in [-0.1, -0.05) is 62.7 Å². The van der Waals surface area contributed by atoms with Crippen molar-refractivity contribution in [2.45, 2.75) is 92.5 Å². The smallest absolute Gasteiger partial charge is 0.408 e. The Balaban J connectivity index is 1.86. The van der Waals surface area contributed by atoms with Gasteiger partial charge < -0.3 is 29.3 Å². The quantitative estimate of drug-likeness (QED) is 0.0698. The summed E-state index contributed by atoms with van der Waals surface area (Å²) in [6, 6.07) is 15.2. The third-order valence-electron chi connectivity index (χ3n) is 7.56.